The number of likely N-dealkylation sites (N-methyl/N-ethyl adjacent to an activating group) is 1. The molecule has 4 rings (SSSR count). The molecule has 0 radical (unpaired) electrons. The number of guanidine groups is 1. The summed E-state index contributed by atoms with van der Waals surface area (Å²) in [6, 6.07) is 0. The van der Waals surface area contributed by atoms with Gasteiger partial charge in [0.25, 0.3) is 0 Å². The molecule has 1 saturated carbocycles. The minimum atomic E-state index is 0.00332. The number of nitrogens with zero attached hydrogens (tertiary/aromatic N) is 7. The number of nitrogens with one attached hydrogen (secondary N) is 1. The van der Waals surface area contributed by atoms with Crippen LogP contribution in [0.2, 0.25) is 0 Å². The molecule has 0 spiro atoms. The minimum absolute atomic E-state index is 0.00332. The fraction of sp³-hybridized carbons (Fsp3) is 0.529. The zero-order valence-corrected chi connectivity index (χ0v) is 15.1. The fourth-order valence-electron chi connectivity index (χ4n) is 2.96. The number of hydrogen-bond donors (Lipinski definition) is 1. The Morgan fingerprint density at radius 3 is 2.88 bits per heavy atom. The minimum Gasteiger partial charge on any atom is -0.344 e. The summed E-state index contributed by atoms with van der Waals surface area (Å²) in [6.07, 6.45) is 8.46. The second kappa shape index (κ2) is 6.02. The number of aryl methyl sites for hydroxylation is 2. The lowest BCUT2D eigenvalue weighted by atomic mass is 10.4. The number of hydrazone groups is 1. The Bertz CT molecular complexity index is 809. The Kier molecular flexibility index (Phi) is 3.82. The molecule has 3 heterocycles. The van der Waals surface area contributed by atoms with Crippen molar-refractivity contribution in [3.8, 4) is 0 Å². The number of aromatic nitrogens is 4. The topological polar surface area (TPSA) is 74.0 Å². The quantitative estimate of drug-likeness (QED) is 0.902. The van der Waals surface area contributed by atoms with Crippen LogP contribution in [0.25, 0.3) is 11.7 Å². The van der Waals surface area contributed by atoms with E-state index in [1.807, 2.05) is 48.8 Å². The highest BCUT2D eigenvalue weighted by Gasteiger charge is 2.28. The van der Waals surface area contributed by atoms with E-state index >= 15 is 0 Å². The monoisotopic (exact) mass is 340 g/mol. The van der Waals surface area contributed by atoms with Gasteiger partial charge in [-0.05, 0) is 44.8 Å². The van der Waals surface area contributed by atoms with Crippen molar-refractivity contribution in [3.63, 3.8) is 0 Å². The van der Waals surface area contributed by atoms with Crippen LogP contribution in [0.15, 0.2) is 17.4 Å². The van der Waals surface area contributed by atoms with E-state index in [1.54, 1.807) is 0 Å². The highest BCUT2D eigenvalue weighted by Crippen LogP contribution is 2.29. The fourth-order valence-corrected chi connectivity index (χ4v) is 2.96. The van der Waals surface area contributed by atoms with E-state index in [9.17, 15) is 0 Å². The maximum absolute atomic E-state index is 4.59. The predicted octanol–water partition coefficient (Wildman–Crippen LogP) is 1.23. The van der Waals surface area contributed by atoms with Crippen LogP contribution in [0.3, 0.4) is 0 Å². The largest absolute Gasteiger partial charge is 0.344 e. The Morgan fingerprint density at radius 2 is 2.16 bits per heavy atom. The summed E-state index contributed by atoms with van der Waals surface area (Å²) in [5.41, 5.74) is 2.64. The van der Waals surface area contributed by atoms with E-state index in [-0.39, 0.29) is 6.17 Å². The average Bonchev–Trinajstić information content (AvgIpc) is 3.15. The van der Waals surface area contributed by atoms with Gasteiger partial charge in [0.05, 0.1) is 11.4 Å². The molecule has 0 aromatic carbocycles. The smallest absolute Gasteiger partial charge is 0.218 e. The molecule has 0 saturated heterocycles. The van der Waals surface area contributed by atoms with Crippen LogP contribution >= 0.6 is 0 Å². The summed E-state index contributed by atoms with van der Waals surface area (Å²) >= 11 is 0. The summed E-state index contributed by atoms with van der Waals surface area (Å²) in [5.74, 6) is 2.42. The molecule has 1 N–H and O–H groups in total. The number of hydrogen-bond acceptors (Lipinski definition) is 7. The molecule has 1 fully saturated rings. The molecule has 0 bridgehead atoms. The molecule has 2 aliphatic rings. The van der Waals surface area contributed by atoms with Crippen LogP contribution in [0.4, 0.5) is 0 Å². The normalized spacial score (nSPS) is 20.4. The third-order valence-corrected chi connectivity index (χ3v) is 4.68. The Labute approximate surface area is 147 Å². The second-order valence-electron chi connectivity index (χ2n) is 6.96. The van der Waals surface area contributed by atoms with Crippen LogP contribution in [-0.2, 0) is 0 Å². The molecule has 1 aliphatic carbocycles. The molecule has 1 aliphatic heterocycles. The zero-order valence-electron chi connectivity index (χ0n) is 15.1. The number of rotatable bonds is 4. The van der Waals surface area contributed by atoms with Crippen molar-refractivity contribution in [3.05, 3.63) is 29.5 Å². The SMILES string of the molecule is Cc1ncc(C)n2nc(/C=C/C3NC(N(C)CC4CC4)=NN3C)nc12. The Balaban J connectivity index is 1.47. The van der Waals surface area contributed by atoms with Crippen LogP contribution in [-0.4, -0.2) is 62.3 Å². The standard InChI is InChI=1S/C17H24N8/c1-11-9-18-12(2)16-19-14(21-25(11)16)7-8-15-20-17(22-24(15)4)23(3)10-13-5-6-13/h7-9,13,15H,5-6,10H2,1-4H3,(H,20,22)/b8-7+. The van der Waals surface area contributed by atoms with E-state index in [1.165, 1.54) is 12.8 Å². The van der Waals surface area contributed by atoms with Crippen LogP contribution < -0.4 is 5.32 Å². The van der Waals surface area contributed by atoms with Crippen LogP contribution in [0.1, 0.15) is 30.1 Å². The summed E-state index contributed by atoms with van der Waals surface area (Å²) in [7, 11) is 4.06. The lowest BCUT2D eigenvalue weighted by Gasteiger charge is -2.19. The van der Waals surface area contributed by atoms with Crippen molar-refractivity contribution in [2.24, 2.45) is 11.0 Å². The van der Waals surface area contributed by atoms with E-state index < -0.39 is 0 Å². The molecule has 1 atom stereocenters. The molecular formula is C17H24N8. The van der Waals surface area contributed by atoms with Gasteiger partial charge in [0.15, 0.2) is 11.5 Å². The first-order valence-electron chi connectivity index (χ1n) is 8.67. The van der Waals surface area contributed by atoms with Gasteiger partial charge in [0.2, 0.25) is 5.96 Å². The van der Waals surface area contributed by atoms with E-state index in [2.05, 4.69) is 37.4 Å². The van der Waals surface area contributed by atoms with E-state index in [0.717, 1.165) is 35.5 Å². The van der Waals surface area contributed by atoms with Gasteiger partial charge < -0.3 is 10.2 Å². The van der Waals surface area contributed by atoms with Gasteiger partial charge in [-0.1, -0.05) is 0 Å². The van der Waals surface area contributed by atoms with Crippen molar-refractivity contribution in [2.75, 3.05) is 20.6 Å². The van der Waals surface area contributed by atoms with E-state index in [4.69, 9.17) is 0 Å². The predicted molar refractivity (Wildman–Crippen MR) is 96.8 cm³/mol. The molecule has 8 nitrogen and oxygen atoms in total. The zero-order chi connectivity index (χ0) is 17.6. The average molecular weight is 340 g/mol. The highest BCUT2D eigenvalue weighted by atomic mass is 15.6. The van der Waals surface area contributed by atoms with E-state index in [0.29, 0.717) is 5.82 Å². The van der Waals surface area contributed by atoms with Gasteiger partial charge in [0, 0.05) is 26.8 Å². The Morgan fingerprint density at radius 1 is 1.36 bits per heavy atom. The summed E-state index contributed by atoms with van der Waals surface area (Å²) in [4.78, 5) is 11.1. The molecule has 1 unspecified atom stereocenters. The second-order valence-corrected chi connectivity index (χ2v) is 6.96. The first-order chi connectivity index (χ1) is 12.0. The summed E-state index contributed by atoms with van der Waals surface area (Å²) < 4.78 is 1.83. The highest BCUT2D eigenvalue weighted by molar-refractivity contribution is 5.81. The van der Waals surface area contributed by atoms with Crippen molar-refractivity contribution in [1.82, 2.24) is 34.8 Å². The molecule has 2 aromatic rings. The van der Waals surface area contributed by atoms with Gasteiger partial charge in [-0.15, -0.1) is 10.2 Å². The molecule has 132 valence electrons. The van der Waals surface area contributed by atoms with Gasteiger partial charge >= 0.3 is 0 Å². The van der Waals surface area contributed by atoms with Crippen molar-refractivity contribution >= 4 is 17.7 Å². The lowest BCUT2D eigenvalue weighted by Crippen LogP contribution is -2.41. The summed E-state index contributed by atoms with van der Waals surface area (Å²) in [6.45, 7) is 4.98. The molecule has 25 heavy (non-hydrogen) atoms. The molecule has 0 amide bonds. The van der Waals surface area contributed by atoms with Gasteiger partial charge in [0.1, 0.15) is 6.17 Å². The molecule has 8 heteroatoms. The van der Waals surface area contributed by atoms with Crippen LogP contribution in [0, 0.1) is 19.8 Å². The lowest BCUT2D eigenvalue weighted by molar-refractivity contribution is 0.314. The third kappa shape index (κ3) is 3.16. The van der Waals surface area contributed by atoms with Crippen molar-refractivity contribution in [2.45, 2.75) is 32.9 Å². The van der Waals surface area contributed by atoms with Gasteiger partial charge in [-0.25, -0.2) is 9.50 Å². The van der Waals surface area contributed by atoms with Crippen LogP contribution in [0.5, 0.6) is 0 Å². The first-order valence-corrected chi connectivity index (χ1v) is 8.67. The summed E-state index contributed by atoms with van der Waals surface area (Å²) in [5, 5.41) is 14.5. The Hall–Kier alpha value is -2.64. The maximum Gasteiger partial charge on any atom is 0.218 e. The maximum atomic E-state index is 4.59. The van der Waals surface area contributed by atoms with Crippen molar-refractivity contribution < 1.29 is 0 Å². The first kappa shape index (κ1) is 15.9. The molecular weight excluding hydrogens is 316 g/mol. The van der Waals surface area contributed by atoms with Crippen molar-refractivity contribution in [1.29, 1.82) is 0 Å². The van der Waals surface area contributed by atoms with Gasteiger partial charge in [-0.2, -0.15) is 0 Å². The molecule has 2 aromatic heterocycles. The van der Waals surface area contributed by atoms with Gasteiger partial charge in [-0.3, -0.25) is 9.99 Å². The third-order valence-electron chi connectivity index (χ3n) is 4.68. The number of fused-ring (bicyclic) bond motifs is 1.